The molecule has 1 aromatic heterocycles. The molecule has 8 heteroatoms. The number of hydrogen-bond acceptors (Lipinski definition) is 5. The number of nitrogens with one attached hydrogen (secondary N) is 1. The summed E-state index contributed by atoms with van der Waals surface area (Å²) in [4.78, 5) is 21.2. The van der Waals surface area contributed by atoms with Crippen molar-refractivity contribution >= 4 is 11.9 Å². The van der Waals surface area contributed by atoms with Gasteiger partial charge >= 0.3 is 11.9 Å². The Balaban J connectivity index is 2.23. The molecule has 0 aromatic carbocycles. The Morgan fingerprint density at radius 1 is 1.58 bits per heavy atom. The zero-order valence-electron chi connectivity index (χ0n) is 11.3. The Hall–Kier alpha value is -2.12. The highest BCUT2D eigenvalue weighted by Crippen LogP contribution is 2.07. The largest absolute Gasteiger partial charge is 0.444 e. The lowest BCUT2D eigenvalue weighted by atomic mass is 10.2. The van der Waals surface area contributed by atoms with Crippen LogP contribution in [0.3, 0.4) is 0 Å². The van der Waals surface area contributed by atoms with E-state index in [2.05, 4.69) is 10.4 Å². The van der Waals surface area contributed by atoms with Gasteiger partial charge in [-0.15, -0.1) is 0 Å². The van der Waals surface area contributed by atoms with Crippen molar-refractivity contribution in [3.8, 4) is 0 Å². The molecule has 0 bridgehead atoms. The lowest BCUT2D eigenvalue weighted by Crippen LogP contribution is -2.33. The molecule has 0 aliphatic heterocycles. The highest BCUT2D eigenvalue weighted by molar-refractivity contribution is 5.67. The Kier molecular flexibility index (Phi) is 4.85. The summed E-state index contributed by atoms with van der Waals surface area (Å²) in [6.45, 7) is 6.27. The summed E-state index contributed by atoms with van der Waals surface area (Å²) in [7, 11) is 0. The molecule has 8 nitrogen and oxygen atoms in total. The van der Waals surface area contributed by atoms with Crippen LogP contribution in [0.2, 0.25) is 0 Å². The Labute approximate surface area is 110 Å². The van der Waals surface area contributed by atoms with Crippen LogP contribution in [-0.4, -0.2) is 32.9 Å². The maximum atomic E-state index is 11.3. The van der Waals surface area contributed by atoms with Gasteiger partial charge < -0.3 is 20.2 Å². The summed E-state index contributed by atoms with van der Waals surface area (Å²) in [5.74, 6) is -0.180. The summed E-state index contributed by atoms with van der Waals surface area (Å²) >= 11 is 0. The molecule has 0 saturated carbocycles. The first kappa shape index (κ1) is 14.9. The summed E-state index contributed by atoms with van der Waals surface area (Å²) in [5, 5.41) is 16.8. The first-order valence-corrected chi connectivity index (χ1v) is 5.92. The second kappa shape index (κ2) is 6.17. The minimum atomic E-state index is -0.546. The van der Waals surface area contributed by atoms with Crippen LogP contribution in [0.4, 0.5) is 10.6 Å². The average molecular weight is 270 g/mol. The SMILES string of the molecule is CC(C)(C)OC(=O)NCCCn1ccc([N+](=O)[O-])n1. The predicted molar refractivity (Wildman–Crippen MR) is 67.7 cm³/mol. The van der Waals surface area contributed by atoms with E-state index in [9.17, 15) is 14.9 Å². The molecular formula is C11H18N4O4. The number of hydrogen-bond donors (Lipinski definition) is 1. The molecule has 1 heterocycles. The summed E-state index contributed by atoms with van der Waals surface area (Å²) in [5.41, 5.74) is -0.521. The normalized spacial score (nSPS) is 11.1. The third kappa shape index (κ3) is 5.84. The maximum absolute atomic E-state index is 11.3. The summed E-state index contributed by atoms with van der Waals surface area (Å²) in [6.07, 6.45) is 1.67. The van der Waals surface area contributed by atoms with Gasteiger partial charge in [0.05, 0.1) is 23.9 Å². The van der Waals surface area contributed by atoms with Gasteiger partial charge in [0, 0.05) is 6.54 Å². The van der Waals surface area contributed by atoms with Crippen LogP contribution >= 0.6 is 0 Å². The standard InChI is InChI=1S/C11H18N4O4/c1-11(2,3)19-10(16)12-6-4-7-14-8-5-9(13-14)15(17)18/h5,8H,4,6-7H2,1-3H3,(H,12,16). The van der Waals surface area contributed by atoms with Crippen LogP contribution in [-0.2, 0) is 11.3 Å². The van der Waals surface area contributed by atoms with Crippen LogP contribution in [0.1, 0.15) is 27.2 Å². The van der Waals surface area contributed by atoms with Crippen molar-refractivity contribution < 1.29 is 14.5 Å². The van der Waals surface area contributed by atoms with Crippen molar-refractivity contribution in [1.29, 1.82) is 0 Å². The van der Waals surface area contributed by atoms with Crippen molar-refractivity contribution in [2.24, 2.45) is 0 Å². The second-order valence-corrected chi connectivity index (χ2v) is 4.98. The number of aryl methyl sites for hydroxylation is 1. The number of carbonyl (C=O) groups excluding carboxylic acids is 1. The molecule has 0 aliphatic rings. The highest BCUT2D eigenvalue weighted by atomic mass is 16.6. The molecule has 1 N–H and O–H groups in total. The van der Waals surface area contributed by atoms with E-state index >= 15 is 0 Å². The third-order valence-corrected chi connectivity index (χ3v) is 2.05. The number of ether oxygens (including phenoxy) is 1. The van der Waals surface area contributed by atoms with Crippen molar-refractivity contribution in [2.45, 2.75) is 39.3 Å². The zero-order chi connectivity index (χ0) is 14.5. The Bertz CT molecular complexity index is 450. The minimum Gasteiger partial charge on any atom is -0.444 e. The molecule has 1 amide bonds. The number of amides is 1. The molecule has 0 atom stereocenters. The molecule has 0 saturated heterocycles. The van der Waals surface area contributed by atoms with Crippen molar-refractivity contribution in [2.75, 3.05) is 6.54 Å². The third-order valence-electron chi connectivity index (χ3n) is 2.05. The molecule has 0 radical (unpaired) electrons. The monoisotopic (exact) mass is 270 g/mol. The number of rotatable bonds is 5. The molecule has 106 valence electrons. The molecule has 0 aliphatic carbocycles. The van der Waals surface area contributed by atoms with Crippen LogP contribution in [0.5, 0.6) is 0 Å². The lowest BCUT2D eigenvalue weighted by Gasteiger charge is -2.19. The highest BCUT2D eigenvalue weighted by Gasteiger charge is 2.15. The number of nitro groups is 1. The average Bonchev–Trinajstić information content (AvgIpc) is 2.70. The fraction of sp³-hybridized carbons (Fsp3) is 0.636. The summed E-state index contributed by atoms with van der Waals surface area (Å²) in [6, 6.07) is 1.33. The zero-order valence-corrected chi connectivity index (χ0v) is 11.3. The van der Waals surface area contributed by atoms with E-state index in [1.807, 2.05) is 0 Å². The minimum absolute atomic E-state index is 0.180. The number of aromatic nitrogens is 2. The van der Waals surface area contributed by atoms with Gasteiger partial charge in [0.15, 0.2) is 0 Å². The van der Waals surface area contributed by atoms with Crippen LogP contribution in [0.25, 0.3) is 0 Å². The molecule has 0 unspecified atom stereocenters. The lowest BCUT2D eigenvalue weighted by molar-refractivity contribution is -0.389. The Morgan fingerprint density at radius 3 is 2.79 bits per heavy atom. The first-order valence-electron chi connectivity index (χ1n) is 5.92. The molecule has 19 heavy (non-hydrogen) atoms. The fourth-order valence-electron chi connectivity index (χ4n) is 1.32. The van der Waals surface area contributed by atoms with Gasteiger partial charge in [0.25, 0.3) is 0 Å². The van der Waals surface area contributed by atoms with E-state index < -0.39 is 16.6 Å². The second-order valence-electron chi connectivity index (χ2n) is 4.98. The van der Waals surface area contributed by atoms with Crippen LogP contribution in [0, 0.1) is 10.1 Å². The van der Waals surface area contributed by atoms with Gasteiger partial charge in [-0.05, 0) is 32.1 Å². The van der Waals surface area contributed by atoms with Crippen LogP contribution < -0.4 is 5.32 Å². The van der Waals surface area contributed by atoms with Gasteiger partial charge in [-0.2, -0.15) is 4.68 Å². The number of carbonyl (C=O) groups is 1. The Morgan fingerprint density at radius 2 is 2.26 bits per heavy atom. The summed E-state index contributed by atoms with van der Waals surface area (Å²) < 4.78 is 6.53. The smallest absolute Gasteiger partial charge is 0.407 e. The maximum Gasteiger partial charge on any atom is 0.407 e. The quantitative estimate of drug-likeness (QED) is 0.498. The van der Waals surface area contributed by atoms with E-state index in [1.54, 1.807) is 20.8 Å². The van der Waals surface area contributed by atoms with Crippen LogP contribution in [0.15, 0.2) is 12.3 Å². The van der Waals surface area contributed by atoms with Gasteiger partial charge in [-0.3, -0.25) is 0 Å². The molecule has 0 spiro atoms. The van der Waals surface area contributed by atoms with E-state index in [-0.39, 0.29) is 5.82 Å². The predicted octanol–water partition coefficient (Wildman–Crippen LogP) is 1.71. The van der Waals surface area contributed by atoms with E-state index in [4.69, 9.17) is 4.74 Å². The topological polar surface area (TPSA) is 99.3 Å². The molecule has 1 aromatic rings. The van der Waals surface area contributed by atoms with E-state index in [0.29, 0.717) is 19.5 Å². The van der Waals surface area contributed by atoms with Crippen molar-refractivity contribution in [1.82, 2.24) is 15.1 Å². The number of nitrogens with zero attached hydrogens (tertiary/aromatic N) is 3. The molecular weight excluding hydrogens is 252 g/mol. The first-order chi connectivity index (χ1) is 8.78. The van der Waals surface area contributed by atoms with Gasteiger partial charge in [0.2, 0.25) is 0 Å². The van der Waals surface area contributed by atoms with Crippen molar-refractivity contribution in [3.05, 3.63) is 22.4 Å². The van der Waals surface area contributed by atoms with E-state index in [1.165, 1.54) is 16.9 Å². The van der Waals surface area contributed by atoms with Gasteiger partial charge in [-0.25, -0.2) is 4.79 Å². The molecule has 1 rings (SSSR count). The number of alkyl carbamates (subject to hydrolysis) is 1. The van der Waals surface area contributed by atoms with Crippen molar-refractivity contribution in [3.63, 3.8) is 0 Å². The fourth-order valence-corrected chi connectivity index (χ4v) is 1.32. The van der Waals surface area contributed by atoms with Gasteiger partial charge in [-0.1, -0.05) is 0 Å². The van der Waals surface area contributed by atoms with Gasteiger partial charge in [0.1, 0.15) is 5.60 Å². The molecule has 0 fully saturated rings. The van der Waals surface area contributed by atoms with E-state index in [0.717, 1.165) is 0 Å².